The Morgan fingerprint density at radius 3 is 1.36 bits per heavy atom. The summed E-state index contributed by atoms with van der Waals surface area (Å²) in [5, 5.41) is 12.3. The van der Waals surface area contributed by atoms with Gasteiger partial charge in [-0.15, -0.1) is 0 Å². The van der Waals surface area contributed by atoms with Crippen molar-refractivity contribution >= 4 is 23.6 Å². The highest BCUT2D eigenvalue weighted by atomic mass is 16.2. The fourth-order valence-electron chi connectivity index (χ4n) is 8.47. The van der Waals surface area contributed by atoms with Gasteiger partial charge in [0.05, 0.1) is 0 Å². The smallest absolute Gasteiger partial charge is 0.221 e. The van der Waals surface area contributed by atoms with Crippen molar-refractivity contribution in [1.29, 1.82) is 0 Å². The van der Waals surface area contributed by atoms with Crippen molar-refractivity contribution in [2.45, 2.75) is 191 Å². The summed E-state index contributed by atoms with van der Waals surface area (Å²) in [5.41, 5.74) is 23.5. The van der Waals surface area contributed by atoms with Gasteiger partial charge in [-0.2, -0.15) is 0 Å². The number of amides is 4. The molecule has 2 aliphatic rings. The van der Waals surface area contributed by atoms with E-state index < -0.39 is 22.2 Å². The van der Waals surface area contributed by atoms with Crippen LogP contribution in [0.25, 0.3) is 0 Å². The Labute approximate surface area is 339 Å². The van der Waals surface area contributed by atoms with Gasteiger partial charge in [0.25, 0.3) is 0 Å². The summed E-state index contributed by atoms with van der Waals surface area (Å²) in [6, 6.07) is 0. The van der Waals surface area contributed by atoms with E-state index in [2.05, 4.69) is 58.8 Å². The summed E-state index contributed by atoms with van der Waals surface area (Å²) >= 11 is 0. The van der Waals surface area contributed by atoms with Crippen molar-refractivity contribution in [1.82, 2.24) is 31.1 Å². The Bertz CT molecular complexity index is 1220. The summed E-state index contributed by atoms with van der Waals surface area (Å²) in [6.07, 6.45) is 10.5. The zero-order valence-corrected chi connectivity index (χ0v) is 36.8. The van der Waals surface area contributed by atoms with Crippen LogP contribution in [0.5, 0.6) is 0 Å². The number of hydrogen-bond donors (Lipinski definition) is 8. The molecule has 0 spiro atoms. The summed E-state index contributed by atoms with van der Waals surface area (Å²) in [6.45, 7) is 20.3. The molecule has 326 valence electrons. The second-order valence-electron chi connectivity index (χ2n) is 19.1. The maximum atomic E-state index is 13.3. The first-order chi connectivity index (χ1) is 26.0. The van der Waals surface area contributed by atoms with Gasteiger partial charge < -0.3 is 44.2 Å². The van der Waals surface area contributed by atoms with E-state index in [1.54, 1.807) is 0 Å². The molecular formula is C42H84N10O4. The third kappa shape index (κ3) is 17.6. The Morgan fingerprint density at radius 1 is 0.536 bits per heavy atom. The van der Waals surface area contributed by atoms with Gasteiger partial charge in [-0.3, -0.25) is 29.0 Å². The Hall–Kier alpha value is -2.36. The van der Waals surface area contributed by atoms with E-state index in [1.807, 2.05) is 27.7 Å². The van der Waals surface area contributed by atoms with Gasteiger partial charge in [0.15, 0.2) is 0 Å². The molecule has 2 aliphatic heterocycles. The number of rotatable bonds is 9. The summed E-state index contributed by atoms with van der Waals surface area (Å²) in [5.74, 6) is -0.197. The molecule has 14 nitrogen and oxygen atoms in total. The largest absolute Gasteiger partial charge is 0.356 e. The molecular weight excluding hydrogens is 709 g/mol. The van der Waals surface area contributed by atoms with Crippen molar-refractivity contribution in [3.8, 4) is 0 Å². The molecule has 0 saturated carbocycles. The third-order valence-corrected chi connectivity index (χ3v) is 13.0. The lowest BCUT2D eigenvalue weighted by Gasteiger charge is -2.48. The quantitative estimate of drug-likeness (QED) is 0.170. The molecule has 12 N–H and O–H groups in total. The molecule has 56 heavy (non-hydrogen) atoms. The predicted molar refractivity (Wildman–Crippen MR) is 228 cm³/mol. The highest BCUT2D eigenvalue weighted by molar-refractivity contribution is 5.77. The van der Waals surface area contributed by atoms with Crippen molar-refractivity contribution in [2.75, 3.05) is 52.4 Å². The van der Waals surface area contributed by atoms with Gasteiger partial charge in [0.1, 0.15) is 0 Å². The van der Waals surface area contributed by atoms with Crippen LogP contribution in [-0.4, -0.2) is 119 Å². The fourth-order valence-corrected chi connectivity index (χ4v) is 8.47. The van der Waals surface area contributed by atoms with Crippen LogP contribution in [0.4, 0.5) is 0 Å². The van der Waals surface area contributed by atoms with Crippen LogP contribution in [0.2, 0.25) is 0 Å². The van der Waals surface area contributed by atoms with Crippen LogP contribution in [0.3, 0.4) is 0 Å². The van der Waals surface area contributed by atoms with E-state index in [4.69, 9.17) is 22.9 Å². The maximum Gasteiger partial charge on any atom is 0.221 e. The average Bonchev–Trinajstić information content (AvgIpc) is 3.12. The number of carbonyl (C=O) groups is 4. The normalized spacial score (nSPS) is 31.7. The zero-order valence-electron chi connectivity index (χ0n) is 36.8. The summed E-state index contributed by atoms with van der Waals surface area (Å²) < 4.78 is 0. The molecule has 2 saturated heterocycles. The number of hydrogen-bond acceptors (Lipinski definition) is 10. The lowest BCUT2D eigenvalue weighted by Crippen LogP contribution is -2.54. The van der Waals surface area contributed by atoms with Crippen LogP contribution in [-0.2, 0) is 19.2 Å². The van der Waals surface area contributed by atoms with Crippen LogP contribution < -0.4 is 44.2 Å². The van der Waals surface area contributed by atoms with Gasteiger partial charge >= 0.3 is 0 Å². The Balaban J connectivity index is 2.38. The van der Waals surface area contributed by atoms with Crippen LogP contribution in [0.15, 0.2) is 0 Å². The number of carbonyl (C=O) groups excluding carboxylic acids is 4. The molecule has 4 amide bonds. The maximum absolute atomic E-state index is 13.3. The number of nitrogens with one attached hydrogen (secondary N) is 4. The Morgan fingerprint density at radius 2 is 0.929 bits per heavy atom. The lowest BCUT2D eigenvalue weighted by molar-refractivity contribution is -0.124. The molecule has 0 aromatic rings. The Kier molecular flexibility index (Phi) is 19.7. The number of nitrogens with two attached hydrogens (primary N) is 4. The molecule has 5 atom stereocenters. The first kappa shape index (κ1) is 49.8. The molecule has 2 rings (SSSR count). The molecule has 0 bridgehead atoms. The van der Waals surface area contributed by atoms with Gasteiger partial charge in [-0.25, -0.2) is 0 Å². The second-order valence-corrected chi connectivity index (χ2v) is 19.1. The molecule has 14 heteroatoms. The molecule has 0 aromatic heterocycles. The highest BCUT2D eigenvalue weighted by Gasteiger charge is 2.39. The standard InChI is InChI=1S/C42H84N10O4/c1-9-17-41(8,51-26-13-34(54)49-31-39(6,45)20-21-40(7,46)32-50-35(55)14-27-51)22-23-42(10-2,11-3)52-28-15-33(53)47-25-24-37(4,43)18-12-19-38(5,44)30-48-36(56)16-29-52/h9-32,43-46H2,1-8H3,(H,47,53)(H,48,56)(H,49,54)(H,50,55). The second kappa shape index (κ2) is 22.1. The fraction of sp³-hybridized carbons (Fsp3) is 0.905. The summed E-state index contributed by atoms with van der Waals surface area (Å²) in [4.78, 5) is 57.7. The minimum absolute atomic E-state index is 0.0194. The minimum Gasteiger partial charge on any atom is -0.356 e. The van der Waals surface area contributed by atoms with E-state index in [9.17, 15) is 19.2 Å². The molecule has 5 unspecified atom stereocenters. The van der Waals surface area contributed by atoms with Crippen molar-refractivity contribution < 1.29 is 19.2 Å². The molecule has 0 aliphatic carbocycles. The third-order valence-electron chi connectivity index (χ3n) is 13.0. The zero-order chi connectivity index (χ0) is 42.3. The van der Waals surface area contributed by atoms with E-state index in [1.165, 1.54) is 0 Å². The van der Waals surface area contributed by atoms with Crippen molar-refractivity contribution in [3.63, 3.8) is 0 Å². The first-order valence-electron chi connectivity index (χ1n) is 21.7. The topological polar surface area (TPSA) is 227 Å². The minimum atomic E-state index is -0.627. The van der Waals surface area contributed by atoms with Gasteiger partial charge in [-0.05, 0) is 105 Å². The molecule has 0 radical (unpaired) electrons. The van der Waals surface area contributed by atoms with Crippen molar-refractivity contribution in [2.24, 2.45) is 22.9 Å². The number of nitrogens with zero attached hydrogens (tertiary/aromatic N) is 2. The van der Waals surface area contributed by atoms with E-state index in [0.717, 1.165) is 57.8 Å². The average molecular weight is 793 g/mol. The SMILES string of the molecule is CCCC(C)(CCC(CC)(CC)N1CCC(=O)NCCC(C)(N)CCCC(C)(N)CNC(=O)CC1)N1CCC(=O)NCC(C)(N)CCC(C)(N)CNC(=O)CC1. The predicted octanol–water partition coefficient (Wildman–Crippen LogP) is 2.75. The first-order valence-corrected chi connectivity index (χ1v) is 21.7. The molecule has 2 fully saturated rings. The van der Waals surface area contributed by atoms with Crippen molar-refractivity contribution in [3.05, 3.63) is 0 Å². The van der Waals surface area contributed by atoms with Gasteiger partial charge in [0, 0.05) is 111 Å². The highest BCUT2D eigenvalue weighted by Crippen LogP contribution is 2.36. The van der Waals surface area contributed by atoms with Gasteiger partial charge in [0.2, 0.25) is 23.6 Å². The van der Waals surface area contributed by atoms with Crippen LogP contribution in [0.1, 0.15) is 158 Å². The van der Waals surface area contributed by atoms with E-state index >= 15 is 0 Å². The lowest BCUT2D eigenvalue weighted by atomic mass is 9.78. The van der Waals surface area contributed by atoms with Crippen LogP contribution in [0, 0.1) is 0 Å². The van der Waals surface area contributed by atoms with Gasteiger partial charge in [-0.1, -0.05) is 27.2 Å². The summed E-state index contributed by atoms with van der Waals surface area (Å²) in [7, 11) is 0. The van der Waals surface area contributed by atoms with Crippen LogP contribution >= 0.6 is 0 Å². The monoisotopic (exact) mass is 793 g/mol. The van der Waals surface area contributed by atoms with E-state index in [-0.39, 0.29) is 34.7 Å². The molecule has 2 heterocycles. The van der Waals surface area contributed by atoms with E-state index in [0.29, 0.717) is 97.3 Å². The molecule has 0 aromatic carbocycles.